The highest BCUT2D eigenvalue weighted by Crippen LogP contribution is 2.35. The first-order chi connectivity index (χ1) is 11.0. The SMILES string of the molecule is CC(C)(C)CC=C1C(=O)CC(c2ccc(C(F)(F)F)cc2)CC1=O. The summed E-state index contributed by atoms with van der Waals surface area (Å²) in [5.41, 5.74) is 0.0933. The van der Waals surface area contributed by atoms with Gasteiger partial charge in [-0.05, 0) is 35.4 Å². The molecule has 0 radical (unpaired) electrons. The number of ketones is 2. The van der Waals surface area contributed by atoms with Gasteiger partial charge in [-0.15, -0.1) is 0 Å². The van der Waals surface area contributed by atoms with E-state index in [1.165, 1.54) is 12.1 Å². The van der Waals surface area contributed by atoms with Gasteiger partial charge in [-0.3, -0.25) is 9.59 Å². The van der Waals surface area contributed by atoms with E-state index < -0.39 is 11.7 Å². The van der Waals surface area contributed by atoms with E-state index in [0.717, 1.165) is 12.1 Å². The van der Waals surface area contributed by atoms with E-state index in [9.17, 15) is 22.8 Å². The van der Waals surface area contributed by atoms with Crippen molar-refractivity contribution in [2.45, 2.75) is 52.1 Å². The molecule has 0 unspecified atom stereocenters. The second-order valence-electron chi connectivity index (χ2n) is 7.45. The van der Waals surface area contributed by atoms with Gasteiger partial charge in [0.15, 0.2) is 11.6 Å². The standard InChI is InChI=1S/C19H21F3O2/c1-18(2,3)9-8-15-16(23)10-13(11-17(15)24)12-4-6-14(7-5-12)19(20,21)22/h4-8,13H,9-11H2,1-3H3. The molecule has 0 aliphatic heterocycles. The fourth-order valence-corrected chi connectivity index (χ4v) is 2.71. The van der Waals surface area contributed by atoms with Gasteiger partial charge in [0.25, 0.3) is 0 Å². The lowest BCUT2D eigenvalue weighted by molar-refractivity contribution is -0.137. The van der Waals surface area contributed by atoms with E-state index in [0.29, 0.717) is 12.0 Å². The molecule has 0 amide bonds. The molecule has 1 aromatic carbocycles. The molecule has 0 N–H and O–H groups in total. The normalized spacial score (nSPS) is 19.6. The second-order valence-corrected chi connectivity index (χ2v) is 7.45. The number of allylic oxidation sites excluding steroid dienone is 2. The molecule has 1 fully saturated rings. The number of alkyl halides is 3. The maximum absolute atomic E-state index is 12.6. The van der Waals surface area contributed by atoms with Crippen LogP contribution in [0.4, 0.5) is 13.2 Å². The Balaban J connectivity index is 2.14. The van der Waals surface area contributed by atoms with Crippen LogP contribution < -0.4 is 0 Å². The summed E-state index contributed by atoms with van der Waals surface area (Å²) in [6.45, 7) is 6.06. The minimum absolute atomic E-state index is 0.0160. The predicted octanol–water partition coefficient (Wildman–Crippen LogP) is 5.08. The number of hydrogen-bond donors (Lipinski definition) is 0. The van der Waals surface area contributed by atoms with Gasteiger partial charge in [0.2, 0.25) is 0 Å². The Morgan fingerprint density at radius 3 is 1.92 bits per heavy atom. The van der Waals surface area contributed by atoms with Crippen molar-refractivity contribution in [3.05, 3.63) is 47.0 Å². The zero-order valence-corrected chi connectivity index (χ0v) is 14.0. The minimum Gasteiger partial charge on any atom is -0.294 e. The molecule has 130 valence electrons. The van der Waals surface area contributed by atoms with Gasteiger partial charge in [0, 0.05) is 12.8 Å². The molecule has 0 heterocycles. The van der Waals surface area contributed by atoms with Crippen molar-refractivity contribution in [2.24, 2.45) is 5.41 Å². The van der Waals surface area contributed by atoms with Crippen LogP contribution in [0.3, 0.4) is 0 Å². The lowest BCUT2D eigenvalue weighted by atomic mass is 9.78. The third-order valence-electron chi connectivity index (χ3n) is 4.09. The summed E-state index contributed by atoms with van der Waals surface area (Å²) in [4.78, 5) is 24.5. The van der Waals surface area contributed by atoms with E-state index in [2.05, 4.69) is 0 Å². The number of hydrogen-bond acceptors (Lipinski definition) is 2. The van der Waals surface area contributed by atoms with E-state index in [4.69, 9.17) is 0 Å². The molecule has 2 rings (SSSR count). The molecule has 0 bridgehead atoms. The molecule has 2 nitrogen and oxygen atoms in total. The van der Waals surface area contributed by atoms with Crippen LogP contribution in [0.1, 0.15) is 57.1 Å². The zero-order valence-electron chi connectivity index (χ0n) is 14.0. The summed E-state index contributed by atoms with van der Waals surface area (Å²) in [5.74, 6) is -0.792. The molecule has 24 heavy (non-hydrogen) atoms. The summed E-state index contributed by atoms with van der Waals surface area (Å²) < 4.78 is 37.8. The van der Waals surface area contributed by atoms with Gasteiger partial charge < -0.3 is 0 Å². The molecule has 1 saturated carbocycles. The molecule has 0 atom stereocenters. The first-order valence-electron chi connectivity index (χ1n) is 7.91. The van der Waals surface area contributed by atoms with Crippen LogP contribution in [0.2, 0.25) is 0 Å². The van der Waals surface area contributed by atoms with Crippen molar-refractivity contribution < 1.29 is 22.8 Å². The summed E-state index contributed by atoms with van der Waals surface area (Å²) >= 11 is 0. The number of carbonyl (C=O) groups is 2. The van der Waals surface area contributed by atoms with Crippen molar-refractivity contribution in [1.82, 2.24) is 0 Å². The van der Waals surface area contributed by atoms with Crippen molar-refractivity contribution >= 4 is 11.6 Å². The molecule has 1 aromatic rings. The Labute approximate surface area is 139 Å². The van der Waals surface area contributed by atoms with E-state index in [1.807, 2.05) is 20.8 Å². The number of Topliss-reactive ketones (excluding diaryl/α,β-unsaturated/α-hetero) is 2. The Morgan fingerprint density at radius 2 is 1.50 bits per heavy atom. The van der Waals surface area contributed by atoms with Crippen molar-refractivity contribution in [1.29, 1.82) is 0 Å². The highest BCUT2D eigenvalue weighted by Gasteiger charge is 2.33. The second kappa shape index (κ2) is 6.54. The van der Waals surface area contributed by atoms with E-state index in [-0.39, 0.29) is 41.3 Å². The topological polar surface area (TPSA) is 34.1 Å². The average molecular weight is 338 g/mol. The fraction of sp³-hybridized carbons (Fsp3) is 0.474. The largest absolute Gasteiger partial charge is 0.416 e. The number of halogens is 3. The van der Waals surface area contributed by atoms with Crippen LogP contribution in [0.15, 0.2) is 35.9 Å². The summed E-state index contributed by atoms with van der Waals surface area (Å²) in [6, 6.07) is 4.71. The molecule has 0 saturated heterocycles. The van der Waals surface area contributed by atoms with Gasteiger partial charge >= 0.3 is 6.18 Å². The molecular formula is C19H21F3O2. The first-order valence-corrected chi connectivity index (χ1v) is 7.91. The Bertz CT molecular complexity index is 641. The van der Waals surface area contributed by atoms with Gasteiger partial charge in [-0.2, -0.15) is 13.2 Å². The Hall–Kier alpha value is -1.91. The maximum Gasteiger partial charge on any atom is 0.416 e. The maximum atomic E-state index is 12.6. The van der Waals surface area contributed by atoms with Crippen molar-refractivity contribution in [2.75, 3.05) is 0 Å². The molecule has 1 aliphatic carbocycles. The van der Waals surface area contributed by atoms with Gasteiger partial charge in [-0.1, -0.05) is 39.0 Å². The van der Waals surface area contributed by atoms with Gasteiger partial charge in [-0.25, -0.2) is 0 Å². The molecular weight excluding hydrogens is 317 g/mol. The zero-order chi connectivity index (χ0) is 18.1. The highest BCUT2D eigenvalue weighted by molar-refractivity contribution is 6.22. The van der Waals surface area contributed by atoms with Crippen LogP contribution >= 0.6 is 0 Å². The summed E-state index contributed by atoms with van der Waals surface area (Å²) in [6.07, 6.45) is -1.74. The summed E-state index contributed by atoms with van der Waals surface area (Å²) in [7, 11) is 0. The smallest absolute Gasteiger partial charge is 0.294 e. The number of rotatable bonds is 2. The number of benzene rings is 1. The van der Waals surface area contributed by atoms with E-state index >= 15 is 0 Å². The van der Waals surface area contributed by atoms with Crippen LogP contribution in [0.5, 0.6) is 0 Å². The lowest BCUT2D eigenvalue weighted by Gasteiger charge is -2.24. The Kier molecular flexibility index (Phi) is 5.02. The van der Waals surface area contributed by atoms with Crippen molar-refractivity contribution in [3.63, 3.8) is 0 Å². The van der Waals surface area contributed by atoms with Gasteiger partial charge in [0.1, 0.15) is 0 Å². The third kappa shape index (κ3) is 4.56. The monoisotopic (exact) mass is 338 g/mol. The van der Waals surface area contributed by atoms with E-state index in [1.54, 1.807) is 6.08 Å². The minimum atomic E-state index is -4.39. The third-order valence-corrected chi connectivity index (χ3v) is 4.09. The van der Waals surface area contributed by atoms with Crippen molar-refractivity contribution in [3.8, 4) is 0 Å². The summed E-state index contributed by atoms with van der Waals surface area (Å²) in [5, 5.41) is 0. The van der Waals surface area contributed by atoms with Crippen LogP contribution in [0, 0.1) is 5.41 Å². The molecule has 1 aliphatic rings. The first kappa shape index (κ1) is 18.4. The average Bonchev–Trinajstić information content (AvgIpc) is 2.44. The fourth-order valence-electron chi connectivity index (χ4n) is 2.71. The number of carbonyl (C=O) groups excluding carboxylic acids is 2. The molecule has 5 heteroatoms. The Morgan fingerprint density at radius 1 is 1.00 bits per heavy atom. The quantitative estimate of drug-likeness (QED) is 0.556. The van der Waals surface area contributed by atoms with Crippen LogP contribution in [-0.2, 0) is 15.8 Å². The van der Waals surface area contributed by atoms with Crippen LogP contribution in [0.25, 0.3) is 0 Å². The molecule has 0 aromatic heterocycles. The molecule has 0 spiro atoms. The predicted molar refractivity (Wildman–Crippen MR) is 85.6 cm³/mol. The lowest BCUT2D eigenvalue weighted by Crippen LogP contribution is -2.25. The van der Waals surface area contributed by atoms with Gasteiger partial charge in [0.05, 0.1) is 11.1 Å². The highest BCUT2D eigenvalue weighted by atomic mass is 19.4. The van der Waals surface area contributed by atoms with Crippen LogP contribution in [-0.4, -0.2) is 11.6 Å².